The summed E-state index contributed by atoms with van der Waals surface area (Å²) in [5.74, 6) is 0.0350. The van der Waals surface area contributed by atoms with Crippen molar-refractivity contribution < 1.29 is 9.59 Å². The Morgan fingerprint density at radius 1 is 1.18 bits per heavy atom. The lowest BCUT2D eigenvalue weighted by Crippen LogP contribution is -2.59. The molecule has 1 atom stereocenters. The highest BCUT2D eigenvalue weighted by molar-refractivity contribution is 5.97. The molecule has 1 fully saturated rings. The quantitative estimate of drug-likeness (QED) is 0.598. The zero-order valence-electron chi connectivity index (χ0n) is 19.5. The average Bonchev–Trinajstić information content (AvgIpc) is 3.33. The van der Waals surface area contributed by atoms with Crippen LogP contribution in [0.25, 0.3) is 11.1 Å². The van der Waals surface area contributed by atoms with Crippen LogP contribution in [0.15, 0.2) is 54.9 Å². The van der Waals surface area contributed by atoms with E-state index in [0.29, 0.717) is 31.7 Å². The fraction of sp³-hybridized carbons (Fsp3) is 0.385. The van der Waals surface area contributed by atoms with E-state index >= 15 is 0 Å². The lowest BCUT2D eigenvalue weighted by molar-refractivity contribution is -0.140. The first-order valence-electron chi connectivity index (χ1n) is 11.6. The largest absolute Gasteiger partial charge is 0.339 e. The van der Waals surface area contributed by atoms with Crippen LogP contribution in [0, 0.1) is 0 Å². The van der Waals surface area contributed by atoms with Gasteiger partial charge in [0, 0.05) is 49.7 Å². The smallest absolute Gasteiger partial charge is 0.275 e. The monoisotopic (exact) mass is 445 g/mol. The Hall–Kier alpha value is -3.48. The van der Waals surface area contributed by atoms with E-state index in [1.165, 1.54) is 0 Å². The van der Waals surface area contributed by atoms with Gasteiger partial charge in [0.05, 0.1) is 0 Å². The molecule has 3 aromatic rings. The Morgan fingerprint density at radius 2 is 2.00 bits per heavy atom. The van der Waals surface area contributed by atoms with Crippen LogP contribution in [0.3, 0.4) is 0 Å². The number of carbonyl (C=O) groups is 2. The summed E-state index contributed by atoms with van der Waals surface area (Å²) in [4.78, 5) is 34.8. The summed E-state index contributed by atoms with van der Waals surface area (Å²) >= 11 is 0. The molecular weight excluding hydrogens is 414 g/mol. The first kappa shape index (κ1) is 22.7. The molecule has 33 heavy (non-hydrogen) atoms. The van der Waals surface area contributed by atoms with Crippen molar-refractivity contribution in [3.8, 4) is 11.1 Å². The second-order valence-corrected chi connectivity index (χ2v) is 8.81. The number of nitrogens with one attached hydrogen (secondary N) is 1. The van der Waals surface area contributed by atoms with Crippen molar-refractivity contribution in [3.63, 3.8) is 0 Å². The van der Waals surface area contributed by atoms with Crippen molar-refractivity contribution in [2.24, 2.45) is 0 Å². The highest BCUT2D eigenvalue weighted by Gasteiger charge is 2.38. The van der Waals surface area contributed by atoms with Crippen LogP contribution in [-0.4, -0.2) is 62.5 Å². The molecule has 3 heterocycles. The van der Waals surface area contributed by atoms with Gasteiger partial charge in [-0.25, -0.2) is 0 Å². The zero-order chi connectivity index (χ0) is 23.4. The SMILES string of the molecule is CCCN1CCN(C(=O)c2cc(C(C)C)[nH]n2)C(Cc2ccccc2-c2cccnc2)C1=O. The van der Waals surface area contributed by atoms with Crippen LogP contribution in [0.1, 0.15) is 54.9 Å². The molecule has 1 aromatic carbocycles. The maximum atomic E-state index is 13.5. The maximum Gasteiger partial charge on any atom is 0.275 e. The molecule has 0 saturated carbocycles. The minimum atomic E-state index is -0.574. The molecule has 1 aliphatic heterocycles. The number of amides is 2. The number of piperazine rings is 1. The van der Waals surface area contributed by atoms with E-state index < -0.39 is 6.04 Å². The number of hydrogen-bond donors (Lipinski definition) is 1. The standard InChI is InChI=1S/C26H31N5O2/c1-4-12-30-13-14-31(25(32)23-16-22(18(2)3)28-29-23)24(26(30)33)15-19-8-5-6-10-21(19)20-9-7-11-27-17-20/h5-11,16-18,24H,4,12-15H2,1-3H3,(H,28,29). The molecule has 7 nitrogen and oxygen atoms in total. The number of aromatic amines is 1. The van der Waals surface area contributed by atoms with E-state index in [9.17, 15) is 9.59 Å². The summed E-state index contributed by atoms with van der Waals surface area (Å²) < 4.78 is 0. The topological polar surface area (TPSA) is 82.2 Å². The summed E-state index contributed by atoms with van der Waals surface area (Å²) in [7, 11) is 0. The van der Waals surface area contributed by atoms with Crippen LogP contribution in [0.2, 0.25) is 0 Å². The van der Waals surface area contributed by atoms with Gasteiger partial charge in [0.15, 0.2) is 0 Å². The molecule has 2 aromatic heterocycles. The van der Waals surface area contributed by atoms with Crippen molar-refractivity contribution in [2.75, 3.05) is 19.6 Å². The normalized spacial score (nSPS) is 16.5. The number of hydrogen-bond acceptors (Lipinski definition) is 4. The Morgan fingerprint density at radius 3 is 2.70 bits per heavy atom. The second kappa shape index (κ2) is 9.98. The predicted molar refractivity (Wildman–Crippen MR) is 128 cm³/mol. The molecule has 0 bridgehead atoms. The van der Waals surface area contributed by atoms with Crippen molar-refractivity contribution in [1.82, 2.24) is 25.0 Å². The second-order valence-electron chi connectivity index (χ2n) is 8.81. The number of pyridine rings is 1. The number of benzene rings is 1. The van der Waals surface area contributed by atoms with E-state index in [-0.39, 0.29) is 17.7 Å². The zero-order valence-corrected chi connectivity index (χ0v) is 19.5. The number of carbonyl (C=O) groups excluding carboxylic acids is 2. The van der Waals surface area contributed by atoms with Gasteiger partial charge in [0.1, 0.15) is 11.7 Å². The molecule has 1 aliphatic rings. The fourth-order valence-electron chi connectivity index (χ4n) is 4.37. The lowest BCUT2D eigenvalue weighted by Gasteiger charge is -2.40. The van der Waals surface area contributed by atoms with Crippen LogP contribution in [0.5, 0.6) is 0 Å². The molecule has 0 aliphatic carbocycles. The Labute approximate surface area is 194 Å². The van der Waals surface area contributed by atoms with E-state index in [4.69, 9.17) is 0 Å². The van der Waals surface area contributed by atoms with Gasteiger partial charge in [-0.05, 0) is 35.6 Å². The van der Waals surface area contributed by atoms with Gasteiger partial charge in [0.25, 0.3) is 5.91 Å². The molecule has 7 heteroatoms. The molecular formula is C26H31N5O2. The van der Waals surface area contributed by atoms with Gasteiger partial charge >= 0.3 is 0 Å². The predicted octanol–water partition coefficient (Wildman–Crippen LogP) is 3.90. The molecule has 1 N–H and O–H groups in total. The third-order valence-corrected chi connectivity index (χ3v) is 6.18. The summed E-state index contributed by atoms with van der Waals surface area (Å²) in [6.45, 7) is 7.89. The van der Waals surface area contributed by atoms with E-state index in [1.54, 1.807) is 17.2 Å². The summed E-state index contributed by atoms with van der Waals surface area (Å²) in [5, 5.41) is 7.21. The Bertz CT molecular complexity index is 1110. The number of nitrogens with zero attached hydrogens (tertiary/aromatic N) is 4. The molecule has 4 rings (SSSR count). The minimum Gasteiger partial charge on any atom is -0.339 e. The maximum absolute atomic E-state index is 13.5. The first-order valence-corrected chi connectivity index (χ1v) is 11.6. The minimum absolute atomic E-state index is 0.00272. The van der Waals surface area contributed by atoms with E-state index in [0.717, 1.165) is 28.8 Å². The average molecular weight is 446 g/mol. The molecule has 0 spiro atoms. The van der Waals surface area contributed by atoms with Crippen LogP contribution in [0.4, 0.5) is 0 Å². The molecule has 1 saturated heterocycles. The third kappa shape index (κ3) is 4.82. The highest BCUT2D eigenvalue weighted by Crippen LogP contribution is 2.27. The molecule has 1 unspecified atom stereocenters. The van der Waals surface area contributed by atoms with Crippen molar-refractivity contribution in [3.05, 3.63) is 71.8 Å². The van der Waals surface area contributed by atoms with E-state index in [1.807, 2.05) is 61.3 Å². The molecule has 0 radical (unpaired) electrons. The van der Waals surface area contributed by atoms with Gasteiger partial charge in [-0.3, -0.25) is 19.7 Å². The van der Waals surface area contributed by atoms with Crippen molar-refractivity contribution in [2.45, 2.75) is 45.6 Å². The Kier molecular flexibility index (Phi) is 6.87. The van der Waals surface area contributed by atoms with Crippen molar-refractivity contribution in [1.29, 1.82) is 0 Å². The van der Waals surface area contributed by atoms with Gasteiger partial charge in [-0.2, -0.15) is 5.10 Å². The van der Waals surface area contributed by atoms with Gasteiger partial charge in [0.2, 0.25) is 5.91 Å². The van der Waals surface area contributed by atoms with Crippen LogP contribution >= 0.6 is 0 Å². The van der Waals surface area contributed by atoms with Gasteiger partial charge in [-0.15, -0.1) is 0 Å². The van der Waals surface area contributed by atoms with Gasteiger partial charge in [-0.1, -0.05) is 51.1 Å². The summed E-state index contributed by atoms with van der Waals surface area (Å²) in [6, 6.07) is 13.2. The Balaban J connectivity index is 1.67. The summed E-state index contributed by atoms with van der Waals surface area (Å²) in [6.07, 6.45) is 4.90. The number of H-pyrrole nitrogens is 1. The summed E-state index contributed by atoms with van der Waals surface area (Å²) in [5.41, 5.74) is 4.31. The van der Waals surface area contributed by atoms with E-state index in [2.05, 4.69) is 22.1 Å². The van der Waals surface area contributed by atoms with Crippen LogP contribution in [-0.2, 0) is 11.2 Å². The highest BCUT2D eigenvalue weighted by atomic mass is 16.2. The number of rotatable bonds is 7. The molecule has 172 valence electrons. The van der Waals surface area contributed by atoms with Crippen LogP contribution < -0.4 is 0 Å². The first-order chi connectivity index (χ1) is 16.0. The number of aromatic nitrogens is 3. The molecule has 2 amide bonds. The fourth-order valence-corrected chi connectivity index (χ4v) is 4.37. The van der Waals surface area contributed by atoms with Crippen molar-refractivity contribution >= 4 is 11.8 Å². The lowest BCUT2D eigenvalue weighted by atomic mass is 9.93. The third-order valence-electron chi connectivity index (χ3n) is 6.18. The van der Waals surface area contributed by atoms with Gasteiger partial charge < -0.3 is 9.80 Å².